The van der Waals surface area contributed by atoms with Crippen molar-refractivity contribution in [1.82, 2.24) is 4.57 Å². The summed E-state index contributed by atoms with van der Waals surface area (Å²) >= 11 is 0. The number of hydrogen-bond donors (Lipinski definition) is 0. The fourth-order valence-corrected chi connectivity index (χ4v) is 3.50. The number of aryl methyl sites for hydroxylation is 1. The highest BCUT2D eigenvalue weighted by Gasteiger charge is 2.30. The topological polar surface area (TPSA) is 76.0 Å². The second-order valence-corrected chi connectivity index (χ2v) is 6.95. The van der Waals surface area contributed by atoms with Crippen molar-refractivity contribution in [2.45, 2.75) is 6.92 Å². The van der Waals surface area contributed by atoms with E-state index in [1.165, 1.54) is 7.11 Å². The normalized spacial score (nSPS) is 14.0. The third-order valence-corrected chi connectivity index (χ3v) is 5.12. The molecule has 1 aliphatic rings. The minimum atomic E-state index is -0.487. The van der Waals surface area contributed by atoms with Crippen LogP contribution in [0.5, 0.6) is 17.2 Å². The van der Waals surface area contributed by atoms with Gasteiger partial charge in [-0.2, -0.15) is 0 Å². The molecule has 7 heteroatoms. The number of nitrogens with zero attached hydrogens (tertiary/aromatic N) is 1. The highest BCUT2D eigenvalue weighted by Crippen LogP contribution is 2.40. The van der Waals surface area contributed by atoms with E-state index in [-0.39, 0.29) is 18.1 Å². The van der Waals surface area contributed by atoms with Gasteiger partial charge in [0.15, 0.2) is 12.4 Å². The van der Waals surface area contributed by atoms with Gasteiger partial charge in [0, 0.05) is 35.3 Å². The van der Waals surface area contributed by atoms with Crippen LogP contribution in [0.4, 0.5) is 0 Å². The lowest BCUT2D eigenvalue weighted by Gasteiger charge is -2.10. The van der Waals surface area contributed by atoms with Crippen LogP contribution in [0, 0.1) is 6.92 Å². The predicted molar refractivity (Wildman–Crippen MR) is 111 cm³/mol. The molecule has 4 rings (SSSR count). The third-order valence-electron chi connectivity index (χ3n) is 5.12. The van der Waals surface area contributed by atoms with Gasteiger partial charge in [0.2, 0.25) is 5.78 Å². The second-order valence-electron chi connectivity index (χ2n) is 6.95. The molecule has 2 aromatic carbocycles. The quantitative estimate of drug-likeness (QED) is 0.475. The molecule has 7 nitrogen and oxygen atoms in total. The van der Waals surface area contributed by atoms with Gasteiger partial charge in [-0.05, 0) is 43.3 Å². The molecule has 0 saturated carbocycles. The molecule has 0 atom stereocenters. The van der Waals surface area contributed by atoms with Crippen LogP contribution in [0.3, 0.4) is 0 Å². The van der Waals surface area contributed by atoms with Crippen LogP contribution in [0.2, 0.25) is 0 Å². The summed E-state index contributed by atoms with van der Waals surface area (Å²) in [6.07, 6.45) is 3.67. The van der Waals surface area contributed by atoms with E-state index in [1.807, 2.05) is 36.0 Å². The average molecular weight is 407 g/mol. The van der Waals surface area contributed by atoms with Gasteiger partial charge < -0.3 is 23.5 Å². The summed E-state index contributed by atoms with van der Waals surface area (Å²) in [4.78, 5) is 24.2. The molecule has 2 heterocycles. The number of esters is 1. The molecule has 0 spiro atoms. The SMILES string of the molecule is COC(=O)COc1ccc2c(c1C)O/C(=C/c1cn(C)c3ccc(OC)cc13)C2=O. The number of methoxy groups -OCH3 is 2. The minimum Gasteiger partial charge on any atom is -0.497 e. The van der Waals surface area contributed by atoms with Gasteiger partial charge >= 0.3 is 5.97 Å². The molecule has 0 unspecified atom stereocenters. The number of rotatable bonds is 5. The fourth-order valence-electron chi connectivity index (χ4n) is 3.50. The lowest BCUT2D eigenvalue weighted by Crippen LogP contribution is -2.13. The van der Waals surface area contributed by atoms with Crippen LogP contribution in [-0.2, 0) is 16.6 Å². The van der Waals surface area contributed by atoms with Gasteiger partial charge in [-0.3, -0.25) is 4.79 Å². The number of carbonyl (C=O) groups excluding carboxylic acids is 2. The van der Waals surface area contributed by atoms with Gasteiger partial charge in [-0.1, -0.05) is 0 Å². The van der Waals surface area contributed by atoms with E-state index in [1.54, 1.807) is 32.2 Å². The second kappa shape index (κ2) is 7.59. The smallest absolute Gasteiger partial charge is 0.343 e. The standard InChI is InChI=1S/C23H21NO6/c1-13-19(29-12-21(25)28-4)8-6-16-22(26)20(30-23(13)16)9-14-11-24(2)18-7-5-15(27-3)10-17(14)18/h5-11H,12H2,1-4H3/b20-9+. The summed E-state index contributed by atoms with van der Waals surface area (Å²) in [7, 11) is 4.85. The van der Waals surface area contributed by atoms with Crippen molar-refractivity contribution in [2.24, 2.45) is 7.05 Å². The molecule has 0 fully saturated rings. The van der Waals surface area contributed by atoms with Crippen molar-refractivity contribution in [3.63, 3.8) is 0 Å². The lowest BCUT2D eigenvalue weighted by atomic mass is 10.1. The Morgan fingerprint density at radius 3 is 2.73 bits per heavy atom. The zero-order chi connectivity index (χ0) is 21.4. The number of carbonyl (C=O) groups is 2. The summed E-state index contributed by atoms with van der Waals surface area (Å²) < 4.78 is 23.3. The molecule has 30 heavy (non-hydrogen) atoms. The molecule has 0 bridgehead atoms. The van der Waals surface area contributed by atoms with E-state index in [9.17, 15) is 9.59 Å². The summed E-state index contributed by atoms with van der Waals surface area (Å²) in [5, 5.41) is 0.954. The Bertz CT molecular complexity index is 1200. The largest absolute Gasteiger partial charge is 0.497 e. The van der Waals surface area contributed by atoms with Crippen molar-refractivity contribution in [3.8, 4) is 17.2 Å². The maximum atomic E-state index is 12.9. The lowest BCUT2D eigenvalue weighted by molar-refractivity contribution is -0.142. The first kappa shape index (κ1) is 19.6. The van der Waals surface area contributed by atoms with E-state index in [4.69, 9.17) is 14.2 Å². The van der Waals surface area contributed by atoms with Crippen LogP contribution < -0.4 is 14.2 Å². The minimum absolute atomic E-state index is 0.201. The van der Waals surface area contributed by atoms with E-state index in [2.05, 4.69) is 4.74 Å². The van der Waals surface area contributed by atoms with E-state index in [0.29, 0.717) is 22.6 Å². The Hall–Kier alpha value is -3.74. The van der Waals surface area contributed by atoms with Crippen LogP contribution in [0.1, 0.15) is 21.5 Å². The van der Waals surface area contributed by atoms with Gasteiger partial charge in [0.25, 0.3) is 0 Å². The Kier molecular flexibility index (Phi) is 4.95. The number of ether oxygens (including phenoxy) is 4. The van der Waals surface area contributed by atoms with Crippen LogP contribution in [-0.4, -0.2) is 37.1 Å². The Labute approximate surface area is 173 Å². The van der Waals surface area contributed by atoms with Gasteiger partial charge in [0.05, 0.1) is 19.8 Å². The predicted octanol–water partition coefficient (Wildman–Crippen LogP) is 3.66. The molecular weight excluding hydrogens is 386 g/mol. The zero-order valence-electron chi connectivity index (χ0n) is 17.1. The van der Waals surface area contributed by atoms with Crippen molar-refractivity contribution < 1.29 is 28.5 Å². The Balaban J connectivity index is 1.69. The molecule has 0 saturated heterocycles. The summed E-state index contributed by atoms with van der Waals surface area (Å²) in [6.45, 7) is 1.56. The summed E-state index contributed by atoms with van der Waals surface area (Å²) in [5.74, 6) is 1.17. The van der Waals surface area contributed by atoms with Crippen molar-refractivity contribution in [2.75, 3.05) is 20.8 Å². The van der Waals surface area contributed by atoms with Crippen LogP contribution in [0.25, 0.3) is 17.0 Å². The molecule has 0 amide bonds. The van der Waals surface area contributed by atoms with E-state index >= 15 is 0 Å². The van der Waals surface area contributed by atoms with E-state index in [0.717, 1.165) is 22.2 Å². The highest BCUT2D eigenvalue weighted by molar-refractivity contribution is 6.15. The molecule has 0 aliphatic carbocycles. The molecule has 1 aliphatic heterocycles. The first-order valence-electron chi connectivity index (χ1n) is 9.33. The number of ketones is 1. The number of benzene rings is 2. The molecule has 0 N–H and O–H groups in total. The molecule has 3 aromatic rings. The highest BCUT2D eigenvalue weighted by atomic mass is 16.6. The summed E-state index contributed by atoms with van der Waals surface area (Å²) in [6, 6.07) is 9.09. The number of fused-ring (bicyclic) bond motifs is 2. The first-order chi connectivity index (χ1) is 14.4. The van der Waals surface area contributed by atoms with Gasteiger partial charge in [-0.15, -0.1) is 0 Å². The van der Waals surface area contributed by atoms with E-state index < -0.39 is 5.97 Å². The summed E-state index contributed by atoms with van der Waals surface area (Å²) in [5.41, 5.74) is 2.97. The van der Waals surface area contributed by atoms with Crippen molar-refractivity contribution in [3.05, 3.63) is 59.0 Å². The molecular formula is C23H21NO6. The van der Waals surface area contributed by atoms with Crippen molar-refractivity contribution in [1.29, 1.82) is 0 Å². The first-order valence-corrected chi connectivity index (χ1v) is 9.33. The van der Waals surface area contributed by atoms with Gasteiger partial charge in [0.1, 0.15) is 17.2 Å². The Morgan fingerprint density at radius 2 is 2.00 bits per heavy atom. The fraction of sp³-hybridized carbons (Fsp3) is 0.217. The van der Waals surface area contributed by atoms with Gasteiger partial charge in [-0.25, -0.2) is 4.79 Å². The number of Topliss-reactive ketones (excluding diaryl/α,β-unsaturated/α-hetero) is 1. The van der Waals surface area contributed by atoms with Crippen LogP contribution >= 0.6 is 0 Å². The number of allylic oxidation sites excluding steroid dienone is 1. The monoisotopic (exact) mass is 407 g/mol. The number of aromatic nitrogens is 1. The zero-order valence-corrected chi connectivity index (χ0v) is 17.1. The maximum absolute atomic E-state index is 12.9. The molecule has 1 aromatic heterocycles. The average Bonchev–Trinajstić information content (AvgIpc) is 3.24. The molecule has 0 radical (unpaired) electrons. The third kappa shape index (κ3) is 3.28. The number of hydrogen-bond acceptors (Lipinski definition) is 6. The van der Waals surface area contributed by atoms with Crippen molar-refractivity contribution >= 4 is 28.7 Å². The van der Waals surface area contributed by atoms with Crippen LogP contribution in [0.15, 0.2) is 42.3 Å². The Morgan fingerprint density at radius 1 is 1.20 bits per heavy atom. The molecule has 154 valence electrons. The maximum Gasteiger partial charge on any atom is 0.343 e.